The number of aliphatic hydroxyl groups excluding tert-OH is 1. The van der Waals surface area contributed by atoms with E-state index in [1.807, 2.05) is 24.3 Å². The fourth-order valence-corrected chi connectivity index (χ4v) is 11.1. The molecule has 0 aromatic heterocycles. The van der Waals surface area contributed by atoms with Crippen molar-refractivity contribution in [2.45, 2.75) is 116 Å². The average molecular weight is 527 g/mol. The number of hydrogen-bond donors (Lipinski definition) is 1. The molecule has 0 fully saturated rings. The maximum absolute atomic E-state index is 10.1. The minimum Gasteiger partial charge on any atom is -0.497 e. The zero-order valence-corrected chi connectivity index (χ0v) is 26.1. The van der Waals surface area contributed by atoms with Crippen molar-refractivity contribution in [1.82, 2.24) is 0 Å². The van der Waals surface area contributed by atoms with E-state index in [0.717, 1.165) is 54.2 Å². The number of benzene rings is 1. The molecular formula is C28H54O5Si2. The van der Waals surface area contributed by atoms with E-state index in [2.05, 4.69) is 55.4 Å². The Morgan fingerprint density at radius 3 is 1.74 bits per heavy atom. The molecule has 0 bridgehead atoms. The zero-order valence-electron chi connectivity index (χ0n) is 24.1. The first-order valence-electron chi connectivity index (χ1n) is 13.9. The summed E-state index contributed by atoms with van der Waals surface area (Å²) in [5, 5.41) is 10.1. The lowest BCUT2D eigenvalue weighted by Gasteiger charge is -2.48. The van der Waals surface area contributed by atoms with E-state index in [-0.39, 0.29) is 18.6 Å². The van der Waals surface area contributed by atoms with Crippen molar-refractivity contribution in [3.63, 3.8) is 0 Å². The number of methoxy groups -OCH3 is 1. The smallest absolute Gasteiger partial charge is 0.192 e. The molecule has 35 heavy (non-hydrogen) atoms. The van der Waals surface area contributed by atoms with Crippen LogP contribution in [0.5, 0.6) is 11.5 Å². The van der Waals surface area contributed by atoms with Crippen LogP contribution in [0.25, 0.3) is 0 Å². The molecule has 5 nitrogen and oxygen atoms in total. The van der Waals surface area contributed by atoms with E-state index < -0.39 is 22.2 Å². The first kappa shape index (κ1) is 32.2. The Morgan fingerprint density at radius 1 is 0.829 bits per heavy atom. The third-order valence-corrected chi connectivity index (χ3v) is 17.6. The molecular weight excluding hydrogens is 472 g/mol. The molecule has 0 saturated carbocycles. The summed E-state index contributed by atoms with van der Waals surface area (Å²) in [5.74, 6) is 1.95. The molecule has 0 unspecified atom stereocenters. The van der Waals surface area contributed by atoms with Gasteiger partial charge < -0.3 is 23.4 Å². The monoisotopic (exact) mass is 526 g/mol. The average Bonchev–Trinajstić information content (AvgIpc) is 2.89. The van der Waals surface area contributed by atoms with E-state index in [1.54, 1.807) is 7.11 Å². The van der Waals surface area contributed by atoms with Gasteiger partial charge in [0.1, 0.15) is 11.5 Å². The molecule has 204 valence electrons. The second kappa shape index (κ2) is 15.4. The van der Waals surface area contributed by atoms with Gasteiger partial charge in [-0.15, -0.1) is 0 Å². The molecule has 0 aliphatic heterocycles. The predicted octanol–water partition coefficient (Wildman–Crippen LogP) is 7.65. The van der Waals surface area contributed by atoms with Crippen LogP contribution in [0, 0.1) is 5.92 Å². The molecule has 3 atom stereocenters. The van der Waals surface area contributed by atoms with Gasteiger partial charge in [0.15, 0.2) is 16.6 Å². The lowest BCUT2D eigenvalue weighted by Crippen LogP contribution is -2.57. The molecule has 0 heterocycles. The van der Waals surface area contributed by atoms with Crippen LogP contribution >= 0.6 is 0 Å². The molecule has 0 aliphatic carbocycles. The predicted molar refractivity (Wildman–Crippen MR) is 153 cm³/mol. The summed E-state index contributed by atoms with van der Waals surface area (Å²) in [4.78, 5) is 0. The van der Waals surface area contributed by atoms with Gasteiger partial charge in [-0.25, -0.2) is 0 Å². The van der Waals surface area contributed by atoms with Gasteiger partial charge in [-0.3, -0.25) is 0 Å². The van der Waals surface area contributed by atoms with Crippen molar-refractivity contribution >= 4 is 16.6 Å². The van der Waals surface area contributed by atoms with Crippen molar-refractivity contribution in [3.05, 3.63) is 24.3 Å². The summed E-state index contributed by atoms with van der Waals surface area (Å²) in [7, 11) is -2.13. The van der Waals surface area contributed by atoms with Crippen molar-refractivity contribution < 1.29 is 23.4 Å². The maximum atomic E-state index is 10.1. The van der Waals surface area contributed by atoms with Gasteiger partial charge >= 0.3 is 0 Å². The largest absolute Gasteiger partial charge is 0.497 e. The number of aliphatic hydroxyl groups is 1. The van der Waals surface area contributed by atoms with E-state index >= 15 is 0 Å². The quantitative estimate of drug-likeness (QED) is 0.188. The van der Waals surface area contributed by atoms with Gasteiger partial charge in [0, 0.05) is 13.0 Å². The number of rotatable bonds is 19. The van der Waals surface area contributed by atoms with Crippen molar-refractivity contribution in [1.29, 1.82) is 0 Å². The van der Waals surface area contributed by atoms with Gasteiger partial charge in [0.2, 0.25) is 0 Å². The summed E-state index contributed by atoms with van der Waals surface area (Å²) in [5.41, 5.74) is -0.505. The molecule has 1 rings (SSSR count). The van der Waals surface area contributed by atoms with Crippen LogP contribution in [-0.2, 0) is 8.85 Å². The molecule has 0 saturated heterocycles. The fraction of sp³-hybridized carbons (Fsp3) is 0.786. The molecule has 0 spiro atoms. The van der Waals surface area contributed by atoms with Gasteiger partial charge in [-0.05, 0) is 79.8 Å². The van der Waals surface area contributed by atoms with Crippen molar-refractivity contribution in [2.24, 2.45) is 5.92 Å². The van der Waals surface area contributed by atoms with E-state index in [4.69, 9.17) is 18.3 Å². The Morgan fingerprint density at radius 2 is 1.31 bits per heavy atom. The minimum absolute atomic E-state index is 0.0628. The molecule has 1 aromatic rings. The summed E-state index contributed by atoms with van der Waals surface area (Å²) >= 11 is 0. The number of hydrogen-bond acceptors (Lipinski definition) is 5. The minimum atomic E-state index is -1.91. The summed E-state index contributed by atoms with van der Waals surface area (Å²) in [6.45, 7) is 18.8. The summed E-state index contributed by atoms with van der Waals surface area (Å²) < 4.78 is 25.7. The van der Waals surface area contributed by atoms with E-state index in [9.17, 15) is 5.11 Å². The zero-order chi connectivity index (χ0) is 26.5. The lowest BCUT2D eigenvalue weighted by atomic mass is 9.89. The summed E-state index contributed by atoms with van der Waals surface area (Å²) in [6, 6.07) is 14.3. The topological polar surface area (TPSA) is 57.2 Å². The Bertz CT molecular complexity index is 675. The third-order valence-electron chi connectivity index (χ3n) is 8.21. The maximum Gasteiger partial charge on any atom is 0.192 e. The van der Waals surface area contributed by atoms with Crippen LogP contribution < -0.4 is 9.47 Å². The summed E-state index contributed by atoms with van der Waals surface area (Å²) in [6.07, 6.45) is 1.38. The van der Waals surface area contributed by atoms with Gasteiger partial charge in [0.25, 0.3) is 0 Å². The second-order valence-corrected chi connectivity index (χ2v) is 19.7. The van der Waals surface area contributed by atoms with E-state index in [1.165, 1.54) is 0 Å². The highest BCUT2D eigenvalue weighted by atomic mass is 28.4. The molecule has 1 aromatic carbocycles. The Kier molecular flexibility index (Phi) is 14.2. The molecule has 0 amide bonds. The van der Waals surface area contributed by atoms with Crippen LogP contribution in [0.3, 0.4) is 0 Å². The Hall–Kier alpha value is -0.866. The van der Waals surface area contributed by atoms with Gasteiger partial charge in [-0.2, -0.15) is 0 Å². The molecule has 0 aliphatic rings. The van der Waals surface area contributed by atoms with Crippen molar-refractivity contribution in [2.75, 3.05) is 20.3 Å². The first-order valence-corrected chi connectivity index (χ1v) is 19.0. The third kappa shape index (κ3) is 9.18. The second-order valence-electron chi connectivity index (χ2n) is 10.3. The van der Waals surface area contributed by atoms with Crippen LogP contribution in [-0.4, -0.2) is 53.8 Å². The molecule has 0 radical (unpaired) electrons. The molecule has 1 N–H and O–H groups in total. The van der Waals surface area contributed by atoms with E-state index in [0.29, 0.717) is 13.0 Å². The van der Waals surface area contributed by atoms with Gasteiger partial charge in [-0.1, -0.05) is 48.5 Å². The van der Waals surface area contributed by atoms with Gasteiger partial charge in [0.05, 0.1) is 25.4 Å². The van der Waals surface area contributed by atoms with Crippen LogP contribution in [0.4, 0.5) is 0 Å². The lowest BCUT2D eigenvalue weighted by molar-refractivity contribution is -0.0653. The highest BCUT2D eigenvalue weighted by molar-refractivity contribution is 6.74. The first-order chi connectivity index (χ1) is 16.6. The fourth-order valence-electron chi connectivity index (χ4n) is 5.03. The highest BCUT2D eigenvalue weighted by Crippen LogP contribution is 2.38. The van der Waals surface area contributed by atoms with Crippen LogP contribution in [0.15, 0.2) is 24.3 Å². The highest BCUT2D eigenvalue weighted by Gasteiger charge is 2.46. The van der Waals surface area contributed by atoms with Crippen LogP contribution in [0.2, 0.25) is 36.3 Å². The standard InChI is InChI=1S/C28H54O5Si2/c1-10-34(11-2,12-3)32-27(28(8,20-21-29)33-35(13-4,14-5)15-6)22-24(7)23-31-26-18-16-25(30-9)17-19-26/h16-19,24,27,29H,10-15,20-23H2,1-9H3/t24-,27-,28+/m0/s1. The Balaban J connectivity index is 3.20. The SMILES string of the molecule is CC[Si](CC)(CC)O[C@@H](C[C@H](C)COc1ccc(OC)cc1)[C@@](C)(CCO)O[Si](CC)(CC)CC. The Labute approximate surface area is 218 Å². The number of ether oxygens (including phenoxy) is 2. The van der Waals surface area contributed by atoms with Crippen molar-refractivity contribution in [3.8, 4) is 11.5 Å². The normalized spacial score (nSPS) is 15.9. The van der Waals surface area contributed by atoms with Crippen LogP contribution in [0.1, 0.15) is 68.2 Å². The molecule has 7 heteroatoms.